The van der Waals surface area contributed by atoms with Crippen LogP contribution in [0, 0.1) is 0 Å². The summed E-state index contributed by atoms with van der Waals surface area (Å²) in [6.45, 7) is 0. The minimum Gasteiger partial charge on any atom is -0.342 e. The molecule has 114 valence electrons. The van der Waals surface area contributed by atoms with E-state index < -0.39 is 0 Å². The van der Waals surface area contributed by atoms with E-state index in [9.17, 15) is 4.79 Å². The maximum Gasteiger partial charge on any atom is 0.223 e. The van der Waals surface area contributed by atoms with E-state index >= 15 is 0 Å². The third kappa shape index (κ3) is 3.17. The highest BCUT2D eigenvalue weighted by Crippen LogP contribution is 2.35. The van der Waals surface area contributed by atoms with Gasteiger partial charge in [-0.25, -0.2) is 0 Å². The number of aryl methyl sites for hydroxylation is 1. The van der Waals surface area contributed by atoms with Crippen LogP contribution in [0.4, 0.5) is 0 Å². The summed E-state index contributed by atoms with van der Waals surface area (Å²) in [5.41, 5.74) is 2.49. The molecule has 1 saturated heterocycles. The second kappa shape index (κ2) is 6.53. The molecular weight excluding hydrogens is 294 g/mol. The first-order chi connectivity index (χ1) is 10.6. The molecule has 0 N–H and O–H groups in total. The van der Waals surface area contributed by atoms with Crippen molar-refractivity contribution < 1.29 is 4.79 Å². The molecule has 2 nitrogen and oxygen atoms in total. The van der Waals surface area contributed by atoms with E-state index in [0.717, 1.165) is 17.9 Å². The Hall–Kier alpha value is -1.80. The monoisotopic (exact) mass is 313 g/mol. The summed E-state index contributed by atoms with van der Waals surface area (Å²) < 4.78 is 0. The third-order valence-electron chi connectivity index (χ3n) is 4.60. The largest absolute Gasteiger partial charge is 0.342 e. The van der Waals surface area contributed by atoms with Crippen LogP contribution in [0.15, 0.2) is 54.6 Å². The number of amides is 1. The van der Waals surface area contributed by atoms with Crippen LogP contribution in [0.2, 0.25) is 5.02 Å². The van der Waals surface area contributed by atoms with Gasteiger partial charge in [0.15, 0.2) is 0 Å². The van der Waals surface area contributed by atoms with Crippen molar-refractivity contribution in [2.75, 3.05) is 7.05 Å². The molecule has 22 heavy (non-hydrogen) atoms. The molecular formula is C19H20ClNO. The van der Waals surface area contributed by atoms with Gasteiger partial charge in [0.05, 0.1) is 0 Å². The van der Waals surface area contributed by atoms with Crippen molar-refractivity contribution in [3.05, 3.63) is 70.7 Å². The molecule has 0 saturated carbocycles. The summed E-state index contributed by atoms with van der Waals surface area (Å²) in [7, 11) is 1.92. The number of halogens is 1. The smallest absolute Gasteiger partial charge is 0.223 e. The van der Waals surface area contributed by atoms with Crippen molar-refractivity contribution in [2.45, 2.75) is 31.2 Å². The number of hydrogen-bond acceptors (Lipinski definition) is 1. The quantitative estimate of drug-likeness (QED) is 0.824. The average molecular weight is 314 g/mol. The molecule has 0 spiro atoms. The number of likely N-dealkylation sites (tertiary alicyclic amines) is 1. The number of carbonyl (C=O) groups excluding carboxylic acids is 1. The molecule has 2 atom stereocenters. The Morgan fingerprint density at radius 2 is 1.91 bits per heavy atom. The minimum atomic E-state index is 0.241. The highest BCUT2D eigenvalue weighted by Gasteiger charge is 2.37. The Morgan fingerprint density at radius 3 is 2.64 bits per heavy atom. The molecule has 3 rings (SSSR count). The first-order valence-electron chi connectivity index (χ1n) is 7.70. The molecule has 1 amide bonds. The summed E-state index contributed by atoms with van der Waals surface area (Å²) in [5.74, 6) is 0.530. The Kier molecular flexibility index (Phi) is 4.49. The topological polar surface area (TPSA) is 20.3 Å². The van der Waals surface area contributed by atoms with Crippen LogP contribution in [-0.4, -0.2) is 23.9 Å². The Balaban J connectivity index is 1.76. The first-order valence-corrected chi connectivity index (χ1v) is 8.08. The second-order valence-corrected chi connectivity index (χ2v) is 6.40. The van der Waals surface area contributed by atoms with Crippen molar-refractivity contribution in [3.8, 4) is 0 Å². The molecule has 1 heterocycles. The maximum atomic E-state index is 12.1. The van der Waals surface area contributed by atoms with Crippen LogP contribution in [0.3, 0.4) is 0 Å². The molecule has 0 radical (unpaired) electrons. The highest BCUT2D eigenvalue weighted by atomic mass is 35.5. The van der Waals surface area contributed by atoms with Gasteiger partial charge in [0, 0.05) is 30.5 Å². The Labute approximate surface area is 136 Å². The SMILES string of the molecule is CN1C(=O)CC(c2ccccc2)C1CCc1cccc(Cl)c1. The van der Waals surface area contributed by atoms with Gasteiger partial charge in [-0.1, -0.05) is 54.1 Å². The van der Waals surface area contributed by atoms with Crippen LogP contribution >= 0.6 is 11.6 Å². The number of hydrogen-bond donors (Lipinski definition) is 0. The number of rotatable bonds is 4. The van der Waals surface area contributed by atoms with Crippen molar-refractivity contribution in [3.63, 3.8) is 0 Å². The van der Waals surface area contributed by atoms with E-state index in [2.05, 4.69) is 18.2 Å². The predicted molar refractivity (Wildman–Crippen MR) is 90.1 cm³/mol. The van der Waals surface area contributed by atoms with Gasteiger partial charge in [-0.15, -0.1) is 0 Å². The summed E-state index contributed by atoms with van der Waals surface area (Å²) in [6, 6.07) is 18.6. The number of carbonyl (C=O) groups is 1. The molecule has 0 aromatic heterocycles. The van der Waals surface area contributed by atoms with Gasteiger partial charge in [-0.05, 0) is 36.1 Å². The van der Waals surface area contributed by atoms with Crippen LogP contribution in [-0.2, 0) is 11.2 Å². The fraction of sp³-hybridized carbons (Fsp3) is 0.316. The summed E-state index contributed by atoms with van der Waals surface area (Å²) >= 11 is 6.05. The van der Waals surface area contributed by atoms with Crippen molar-refractivity contribution in [1.29, 1.82) is 0 Å². The zero-order chi connectivity index (χ0) is 15.5. The lowest BCUT2D eigenvalue weighted by molar-refractivity contribution is -0.127. The zero-order valence-corrected chi connectivity index (χ0v) is 13.5. The van der Waals surface area contributed by atoms with Gasteiger partial charge in [-0.3, -0.25) is 4.79 Å². The molecule has 0 aliphatic carbocycles. The second-order valence-electron chi connectivity index (χ2n) is 5.96. The highest BCUT2D eigenvalue weighted by molar-refractivity contribution is 6.30. The van der Waals surface area contributed by atoms with Gasteiger partial charge >= 0.3 is 0 Å². The van der Waals surface area contributed by atoms with Gasteiger partial charge in [-0.2, -0.15) is 0 Å². The molecule has 2 aromatic rings. The van der Waals surface area contributed by atoms with E-state index in [-0.39, 0.29) is 17.9 Å². The van der Waals surface area contributed by atoms with E-state index in [1.54, 1.807) is 0 Å². The summed E-state index contributed by atoms with van der Waals surface area (Å²) in [6.07, 6.45) is 2.51. The van der Waals surface area contributed by atoms with Gasteiger partial charge in [0.2, 0.25) is 5.91 Å². The lowest BCUT2D eigenvalue weighted by Gasteiger charge is -2.25. The van der Waals surface area contributed by atoms with E-state index in [0.29, 0.717) is 6.42 Å². The van der Waals surface area contributed by atoms with Gasteiger partial charge in [0.1, 0.15) is 0 Å². The first kappa shape index (κ1) is 15.1. The molecule has 1 aliphatic heterocycles. The van der Waals surface area contributed by atoms with E-state index in [1.807, 2.05) is 48.3 Å². The maximum absolute atomic E-state index is 12.1. The lowest BCUT2D eigenvalue weighted by Crippen LogP contribution is -2.31. The Morgan fingerprint density at radius 1 is 1.14 bits per heavy atom. The fourth-order valence-electron chi connectivity index (χ4n) is 3.37. The zero-order valence-electron chi connectivity index (χ0n) is 12.7. The standard InChI is InChI=1S/C19H20ClNO/c1-21-18(11-10-14-6-5-9-16(20)12-14)17(13-19(21)22)15-7-3-2-4-8-15/h2-9,12,17-18H,10-11,13H2,1H3. The van der Waals surface area contributed by atoms with Crippen LogP contribution in [0.25, 0.3) is 0 Å². The molecule has 2 aromatic carbocycles. The number of benzene rings is 2. The average Bonchev–Trinajstić information content (AvgIpc) is 2.82. The normalized spacial score (nSPS) is 21.4. The van der Waals surface area contributed by atoms with Gasteiger partial charge in [0.25, 0.3) is 0 Å². The predicted octanol–water partition coefficient (Wildman–Crippen LogP) is 4.29. The molecule has 3 heteroatoms. The molecule has 1 fully saturated rings. The van der Waals surface area contributed by atoms with Crippen molar-refractivity contribution in [1.82, 2.24) is 4.90 Å². The van der Waals surface area contributed by atoms with E-state index in [1.165, 1.54) is 11.1 Å². The van der Waals surface area contributed by atoms with Crippen LogP contribution < -0.4 is 0 Å². The number of likely N-dealkylation sites (N-methyl/N-ethyl adjacent to an activating group) is 1. The number of nitrogens with zero attached hydrogens (tertiary/aromatic N) is 1. The van der Waals surface area contributed by atoms with Gasteiger partial charge < -0.3 is 4.90 Å². The molecule has 0 bridgehead atoms. The van der Waals surface area contributed by atoms with Crippen LogP contribution in [0.1, 0.15) is 29.9 Å². The minimum absolute atomic E-state index is 0.241. The summed E-state index contributed by atoms with van der Waals surface area (Å²) in [4.78, 5) is 14.1. The van der Waals surface area contributed by atoms with Crippen LogP contribution in [0.5, 0.6) is 0 Å². The van der Waals surface area contributed by atoms with Crippen molar-refractivity contribution in [2.24, 2.45) is 0 Å². The molecule has 1 aliphatic rings. The fourth-order valence-corrected chi connectivity index (χ4v) is 3.58. The Bertz CT molecular complexity index is 655. The third-order valence-corrected chi connectivity index (χ3v) is 4.83. The van der Waals surface area contributed by atoms with E-state index in [4.69, 9.17) is 11.6 Å². The van der Waals surface area contributed by atoms with Crippen molar-refractivity contribution >= 4 is 17.5 Å². The lowest BCUT2D eigenvalue weighted by atomic mass is 9.88. The summed E-state index contributed by atoms with van der Waals surface area (Å²) in [5, 5.41) is 0.771. The molecule has 2 unspecified atom stereocenters.